The van der Waals surface area contributed by atoms with Crippen LogP contribution >= 0.6 is 11.3 Å². The van der Waals surface area contributed by atoms with Crippen molar-refractivity contribution in [2.24, 2.45) is 0 Å². The fourth-order valence-electron chi connectivity index (χ4n) is 2.44. The second kappa shape index (κ2) is 9.70. The molecule has 0 radical (unpaired) electrons. The highest BCUT2D eigenvalue weighted by atomic mass is 32.1. The minimum Gasteiger partial charge on any atom is -0.492 e. The molecule has 0 fully saturated rings. The zero-order chi connectivity index (χ0) is 20.6. The number of nitrogens with one attached hydrogen (secondary N) is 2. The van der Waals surface area contributed by atoms with Gasteiger partial charge in [0.25, 0.3) is 5.91 Å². The highest BCUT2D eigenvalue weighted by molar-refractivity contribution is 7.18. The molecule has 3 amide bonds. The van der Waals surface area contributed by atoms with E-state index in [2.05, 4.69) is 10.6 Å². The summed E-state index contributed by atoms with van der Waals surface area (Å²) in [6, 6.07) is 17.8. The van der Waals surface area contributed by atoms with Crippen LogP contribution in [0.3, 0.4) is 0 Å². The van der Waals surface area contributed by atoms with Gasteiger partial charge in [-0.1, -0.05) is 18.2 Å². The number of carbonyl (C=O) groups is 2. The molecule has 0 bridgehead atoms. The Labute approximate surface area is 171 Å². The average Bonchev–Trinajstić information content (AvgIpc) is 3.17. The lowest BCUT2D eigenvalue weighted by molar-refractivity contribution is 0.0778. The van der Waals surface area contributed by atoms with Gasteiger partial charge in [-0.25, -0.2) is 9.18 Å². The summed E-state index contributed by atoms with van der Waals surface area (Å²) in [7, 11) is 1.67. The van der Waals surface area contributed by atoms with Crippen LogP contribution < -0.4 is 15.4 Å². The molecule has 1 aromatic heterocycles. The standard InChI is InChI=1S/C21H20FN3O3S/c1-25(13-14-28-17-9-7-15(22)8-10-17)20(26)18-11-12-19(29-18)24-21(27)23-16-5-3-2-4-6-16/h2-12H,13-14H2,1H3,(H2,23,24,27). The van der Waals surface area contributed by atoms with E-state index >= 15 is 0 Å². The number of halogens is 1. The largest absolute Gasteiger partial charge is 0.492 e. The predicted octanol–water partition coefficient (Wildman–Crippen LogP) is 4.68. The lowest BCUT2D eigenvalue weighted by atomic mass is 10.3. The third-order valence-electron chi connectivity index (χ3n) is 3.94. The second-order valence-electron chi connectivity index (χ2n) is 6.14. The van der Waals surface area contributed by atoms with Gasteiger partial charge in [-0.2, -0.15) is 0 Å². The van der Waals surface area contributed by atoms with Crippen molar-refractivity contribution < 1.29 is 18.7 Å². The van der Waals surface area contributed by atoms with E-state index in [4.69, 9.17) is 4.74 Å². The van der Waals surface area contributed by atoms with Gasteiger partial charge in [0, 0.05) is 12.7 Å². The molecule has 0 saturated heterocycles. The number of rotatable bonds is 7. The maximum Gasteiger partial charge on any atom is 0.324 e. The highest BCUT2D eigenvalue weighted by Crippen LogP contribution is 2.23. The summed E-state index contributed by atoms with van der Waals surface area (Å²) >= 11 is 1.19. The maximum atomic E-state index is 12.9. The first-order valence-corrected chi connectivity index (χ1v) is 9.69. The van der Waals surface area contributed by atoms with Crippen molar-refractivity contribution >= 4 is 34.0 Å². The molecule has 2 aromatic carbocycles. The van der Waals surface area contributed by atoms with Crippen molar-refractivity contribution in [2.75, 3.05) is 30.8 Å². The summed E-state index contributed by atoms with van der Waals surface area (Å²) in [5.74, 6) is 0.0396. The normalized spacial score (nSPS) is 10.3. The van der Waals surface area contributed by atoms with E-state index in [1.807, 2.05) is 18.2 Å². The first-order chi connectivity index (χ1) is 14.0. The number of hydrogen-bond donors (Lipinski definition) is 2. The van der Waals surface area contributed by atoms with E-state index in [-0.39, 0.29) is 24.4 Å². The van der Waals surface area contributed by atoms with Crippen LogP contribution in [0.15, 0.2) is 66.7 Å². The molecule has 150 valence electrons. The first kappa shape index (κ1) is 20.3. The minimum absolute atomic E-state index is 0.172. The number of likely N-dealkylation sites (N-methyl/N-ethyl adjacent to an activating group) is 1. The molecular formula is C21H20FN3O3S. The van der Waals surface area contributed by atoms with Gasteiger partial charge in [0.2, 0.25) is 0 Å². The SMILES string of the molecule is CN(CCOc1ccc(F)cc1)C(=O)c1ccc(NC(=O)Nc2ccccc2)s1. The molecule has 3 rings (SSSR count). The Bertz CT molecular complexity index is 961. The molecule has 29 heavy (non-hydrogen) atoms. The third-order valence-corrected chi connectivity index (χ3v) is 4.93. The molecule has 0 spiro atoms. The molecule has 0 aliphatic carbocycles. The van der Waals surface area contributed by atoms with E-state index in [1.54, 1.807) is 31.3 Å². The van der Waals surface area contributed by atoms with Crippen LogP contribution in [0.25, 0.3) is 0 Å². The minimum atomic E-state index is -0.377. The maximum absolute atomic E-state index is 12.9. The van der Waals surface area contributed by atoms with E-state index < -0.39 is 0 Å². The molecule has 0 aliphatic rings. The number of nitrogens with zero attached hydrogens (tertiary/aromatic N) is 1. The van der Waals surface area contributed by atoms with Gasteiger partial charge < -0.3 is 15.0 Å². The van der Waals surface area contributed by atoms with Crippen LogP contribution in [-0.4, -0.2) is 37.0 Å². The van der Waals surface area contributed by atoms with Crippen molar-refractivity contribution in [1.29, 1.82) is 0 Å². The number of ether oxygens (including phenoxy) is 1. The number of anilines is 2. The second-order valence-corrected chi connectivity index (χ2v) is 7.22. The van der Waals surface area contributed by atoms with E-state index in [9.17, 15) is 14.0 Å². The van der Waals surface area contributed by atoms with Gasteiger partial charge in [0.1, 0.15) is 18.2 Å². The molecule has 0 aliphatic heterocycles. The Balaban J connectivity index is 1.47. The topological polar surface area (TPSA) is 70.7 Å². The lowest BCUT2D eigenvalue weighted by Crippen LogP contribution is -2.30. The number of hydrogen-bond acceptors (Lipinski definition) is 4. The Kier molecular flexibility index (Phi) is 6.80. The van der Waals surface area contributed by atoms with Gasteiger partial charge in [-0.3, -0.25) is 10.1 Å². The fourth-order valence-corrected chi connectivity index (χ4v) is 3.33. The van der Waals surface area contributed by atoms with Crippen LogP contribution in [0.4, 0.5) is 19.9 Å². The first-order valence-electron chi connectivity index (χ1n) is 8.88. The van der Waals surface area contributed by atoms with Crippen molar-refractivity contribution in [3.63, 3.8) is 0 Å². The Morgan fingerprint density at radius 3 is 2.45 bits per heavy atom. The lowest BCUT2D eigenvalue weighted by Gasteiger charge is -2.16. The molecule has 6 nitrogen and oxygen atoms in total. The van der Waals surface area contributed by atoms with Crippen LogP contribution in [0.1, 0.15) is 9.67 Å². The number of carbonyl (C=O) groups excluding carboxylic acids is 2. The van der Waals surface area contributed by atoms with Gasteiger partial charge in [0.15, 0.2) is 0 Å². The number of amides is 3. The quantitative estimate of drug-likeness (QED) is 0.591. The van der Waals surface area contributed by atoms with Crippen molar-refractivity contribution in [2.45, 2.75) is 0 Å². The summed E-state index contributed by atoms with van der Waals surface area (Å²) in [6.07, 6.45) is 0. The van der Waals surface area contributed by atoms with Crippen LogP contribution in [-0.2, 0) is 0 Å². The molecule has 1 heterocycles. The summed E-state index contributed by atoms with van der Waals surface area (Å²) < 4.78 is 18.4. The third kappa shape index (κ3) is 6.05. The van der Waals surface area contributed by atoms with Crippen molar-refractivity contribution in [3.05, 3.63) is 77.4 Å². The fraction of sp³-hybridized carbons (Fsp3) is 0.143. The van der Waals surface area contributed by atoms with Gasteiger partial charge in [-0.15, -0.1) is 11.3 Å². The summed E-state index contributed by atoms with van der Waals surface area (Å²) in [4.78, 5) is 26.6. The Hall–Kier alpha value is -3.39. The van der Waals surface area contributed by atoms with E-state index in [0.717, 1.165) is 0 Å². The van der Waals surface area contributed by atoms with Crippen LogP contribution in [0.2, 0.25) is 0 Å². The zero-order valence-electron chi connectivity index (χ0n) is 15.7. The highest BCUT2D eigenvalue weighted by Gasteiger charge is 2.15. The molecule has 0 unspecified atom stereocenters. The van der Waals surface area contributed by atoms with E-state index in [1.165, 1.54) is 40.5 Å². The van der Waals surface area contributed by atoms with Gasteiger partial charge in [0.05, 0.1) is 16.4 Å². The van der Waals surface area contributed by atoms with Crippen molar-refractivity contribution in [3.8, 4) is 5.75 Å². The molecular weight excluding hydrogens is 393 g/mol. The number of para-hydroxylation sites is 1. The number of urea groups is 1. The molecule has 8 heteroatoms. The number of benzene rings is 2. The number of thiophene rings is 1. The predicted molar refractivity (Wildman–Crippen MR) is 112 cm³/mol. The Morgan fingerprint density at radius 1 is 1.00 bits per heavy atom. The summed E-state index contributed by atoms with van der Waals surface area (Å²) in [6.45, 7) is 0.648. The average molecular weight is 413 g/mol. The van der Waals surface area contributed by atoms with Gasteiger partial charge >= 0.3 is 6.03 Å². The summed E-state index contributed by atoms with van der Waals surface area (Å²) in [5.41, 5.74) is 0.679. The monoisotopic (exact) mass is 413 g/mol. The van der Waals surface area contributed by atoms with Crippen LogP contribution in [0, 0.1) is 5.82 Å². The summed E-state index contributed by atoms with van der Waals surface area (Å²) in [5, 5.41) is 6.00. The van der Waals surface area contributed by atoms with E-state index in [0.29, 0.717) is 27.9 Å². The molecule has 2 N–H and O–H groups in total. The van der Waals surface area contributed by atoms with Crippen LogP contribution in [0.5, 0.6) is 5.75 Å². The smallest absolute Gasteiger partial charge is 0.324 e. The van der Waals surface area contributed by atoms with Gasteiger partial charge in [-0.05, 0) is 48.5 Å². The zero-order valence-corrected chi connectivity index (χ0v) is 16.5. The molecule has 0 saturated carbocycles. The molecule has 0 atom stereocenters. The molecule has 3 aromatic rings. The van der Waals surface area contributed by atoms with Crippen molar-refractivity contribution in [1.82, 2.24) is 4.90 Å². The Morgan fingerprint density at radius 2 is 1.72 bits per heavy atom.